The molecule has 7 heteroatoms. The lowest BCUT2D eigenvalue weighted by Crippen LogP contribution is -2.39. The maximum absolute atomic E-state index is 4.65. The van der Waals surface area contributed by atoms with E-state index in [4.69, 9.17) is 0 Å². The molecule has 2 heterocycles. The molecule has 0 atom stereocenters. The van der Waals surface area contributed by atoms with E-state index in [0.717, 1.165) is 44.5 Å². The number of halogens is 1. The summed E-state index contributed by atoms with van der Waals surface area (Å²) in [4.78, 5) is 7.24. The van der Waals surface area contributed by atoms with E-state index < -0.39 is 0 Å². The third-order valence-corrected chi connectivity index (χ3v) is 4.54. The summed E-state index contributed by atoms with van der Waals surface area (Å²) >= 11 is 0. The number of aryl methyl sites for hydroxylation is 1. The van der Waals surface area contributed by atoms with Crippen molar-refractivity contribution >= 4 is 29.9 Å². The van der Waals surface area contributed by atoms with Gasteiger partial charge in [0.2, 0.25) is 0 Å². The van der Waals surface area contributed by atoms with Gasteiger partial charge in [-0.05, 0) is 64.2 Å². The molecule has 0 spiro atoms. The van der Waals surface area contributed by atoms with Crippen LogP contribution in [0.1, 0.15) is 39.5 Å². The number of aliphatic imine (C=N–C) groups is 1. The Bertz CT molecular complexity index is 454. The Balaban J connectivity index is 0.00000312. The smallest absolute Gasteiger partial charge is 0.191 e. The summed E-state index contributed by atoms with van der Waals surface area (Å²) in [6.45, 7) is 11.8. The van der Waals surface area contributed by atoms with Crippen LogP contribution in [-0.4, -0.2) is 59.9 Å². The maximum atomic E-state index is 4.65. The van der Waals surface area contributed by atoms with Crippen LogP contribution in [0.5, 0.6) is 0 Å². The third-order valence-electron chi connectivity index (χ3n) is 4.54. The number of likely N-dealkylation sites (tertiary alicyclic amines) is 1. The first-order chi connectivity index (χ1) is 11.8. The average molecular weight is 462 g/mol. The summed E-state index contributed by atoms with van der Waals surface area (Å²) in [6, 6.07) is 1.96. The highest BCUT2D eigenvalue weighted by atomic mass is 127. The number of nitrogens with one attached hydrogen (secondary N) is 2. The zero-order valence-electron chi connectivity index (χ0n) is 15.8. The van der Waals surface area contributed by atoms with E-state index in [0.29, 0.717) is 0 Å². The zero-order valence-corrected chi connectivity index (χ0v) is 18.1. The number of piperidine rings is 1. The van der Waals surface area contributed by atoms with Crippen molar-refractivity contribution in [2.75, 3.05) is 39.3 Å². The van der Waals surface area contributed by atoms with Gasteiger partial charge in [0, 0.05) is 38.6 Å². The van der Waals surface area contributed by atoms with E-state index >= 15 is 0 Å². The molecule has 0 radical (unpaired) electrons. The molecule has 144 valence electrons. The summed E-state index contributed by atoms with van der Waals surface area (Å²) in [6.07, 6.45) is 8.70. The van der Waals surface area contributed by atoms with Crippen LogP contribution in [-0.2, 0) is 6.54 Å². The van der Waals surface area contributed by atoms with Crippen molar-refractivity contribution in [2.24, 2.45) is 10.9 Å². The molecule has 1 aromatic heterocycles. The van der Waals surface area contributed by atoms with E-state index in [2.05, 4.69) is 39.5 Å². The van der Waals surface area contributed by atoms with Crippen molar-refractivity contribution in [1.29, 1.82) is 0 Å². The van der Waals surface area contributed by atoms with Gasteiger partial charge in [0.1, 0.15) is 0 Å². The van der Waals surface area contributed by atoms with Crippen molar-refractivity contribution in [2.45, 2.75) is 46.1 Å². The molecule has 0 aromatic carbocycles. The normalized spacial score (nSPS) is 16.5. The van der Waals surface area contributed by atoms with E-state index in [9.17, 15) is 0 Å². The highest BCUT2D eigenvalue weighted by Gasteiger charge is 2.14. The molecule has 6 nitrogen and oxygen atoms in total. The lowest BCUT2D eigenvalue weighted by Gasteiger charge is -2.30. The Kier molecular flexibility index (Phi) is 11.9. The fourth-order valence-corrected chi connectivity index (χ4v) is 2.99. The number of aromatic nitrogens is 2. The van der Waals surface area contributed by atoms with Crippen molar-refractivity contribution in [3.8, 4) is 0 Å². The Morgan fingerprint density at radius 2 is 2.00 bits per heavy atom. The predicted molar refractivity (Wildman–Crippen MR) is 116 cm³/mol. The van der Waals surface area contributed by atoms with Crippen molar-refractivity contribution in [1.82, 2.24) is 25.3 Å². The fraction of sp³-hybridized carbons (Fsp3) is 0.778. The molecule has 25 heavy (non-hydrogen) atoms. The largest absolute Gasteiger partial charge is 0.357 e. The molecule has 0 saturated carbocycles. The van der Waals surface area contributed by atoms with Gasteiger partial charge in [0.25, 0.3) is 0 Å². The molecular formula is C18H35IN6. The number of hydrogen-bond donors (Lipinski definition) is 2. The second-order valence-corrected chi connectivity index (χ2v) is 6.69. The van der Waals surface area contributed by atoms with E-state index in [-0.39, 0.29) is 24.0 Å². The van der Waals surface area contributed by atoms with E-state index in [1.54, 1.807) is 0 Å². The van der Waals surface area contributed by atoms with Crippen LogP contribution >= 0.6 is 24.0 Å². The number of guanidine groups is 1. The van der Waals surface area contributed by atoms with Gasteiger partial charge in [-0.2, -0.15) is 5.10 Å². The van der Waals surface area contributed by atoms with Crippen molar-refractivity contribution < 1.29 is 0 Å². The highest BCUT2D eigenvalue weighted by molar-refractivity contribution is 14.0. The quantitative estimate of drug-likeness (QED) is 0.256. The molecule has 2 N–H and O–H groups in total. The van der Waals surface area contributed by atoms with Gasteiger partial charge in [-0.1, -0.05) is 6.92 Å². The second kappa shape index (κ2) is 13.4. The third kappa shape index (κ3) is 9.44. The molecule has 1 aliphatic rings. The van der Waals surface area contributed by atoms with E-state index in [1.807, 2.05) is 23.1 Å². The molecular weight excluding hydrogens is 427 g/mol. The standard InChI is InChI=1S/C18H34N6.HI/c1-3-19-18(21-10-5-13-24-14-6-11-22-24)20-9-4-12-23-15-7-17(2)8-16-23;/h6,11,14,17H,3-5,7-10,12-13,15-16H2,1-2H3,(H2,19,20,21);1H. The van der Waals surface area contributed by atoms with Gasteiger partial charge in [-0.3, -0.25) is 9.67 Å². The minimum absolute atomic E-state index is 0. The van der Waals surface area contributed by atoms with Gasteiger partial charge in [0.15, 0.2) is 5.96 Å². The second-order valence-electron chi connectivity index (χ2n) is 6.69. The molecule has 1 aromatic rings. The molecule has 1 saturated heterocycles. The molecule has 1 fully saturated rings. The first-order valence-corrected chi connectivity index (χ1v) is 9.50. The molecule has 2 rings (SSSR count). The summed E-state index contributed by atoms with van der Waals surface area (Å²) in [5.74, 6) is 1.85. The summed E-state index contributed by atoms with van der Waals surface area (Å²) in [5.41, 5.74) is 0. The average Bonchev–Trinajstić information content (AvgIpc) is 3.10. The first-order valence-electron chi connectivity index (χ1n) is 9.50. The monoisotopic (exact) mass is 462 g/mol. The Morgan fingerprint density at radius 3 is 2.68 bits per heavy atom. The molecule has 0 amide bonds. The van der Waals surface area contributed by atoms with Gasteiger partial charge in [0.05, 0.1) is 0 Å². The molecule has 0 bridgehead atoms. The minimum Gasteiger partial charge on any atom is -0.357 e. The van der Waals surface area contributed by atoms with Gasteiger partial charge < -0.3 is 15.5 Å². The van der Waals surface area contributed by atoms with Gasteiger partial charge in [-0.15, -0.1) is 24.0 Å². The fourth-order valence-electron chi connectivity index (χ4n) is 2.99. The highest BCUT2D eigenvalue weighted by Crippen LogP contribution is 2.15. The Morgan fingerprint density at radius 1 is 1.20 bits per heavy atom. The van der Waals surface area contributed by atoms with Gasteiger partial charge in [-0.25, -0.2) is 0 Å². The van der Waals surface area contributed by atoms with Crippen molar-refractivity contribution in [3.05, 3.63) is 18.5 Å². The molecule has 0 aliphatic carbocycles. The minimum atomic E-state index is 0. The van der Waals surface area contributed by atoms with Crippen LogP contribution in [0.2, 0.25) is 0 Å². The summed E-state index contributed by atoms with van der Waals surface area (Å²) in [7, 11) is 0. The summed E-state index contributed by atoms with van der Waals surface area (Å²) < 4.78 is 1.95. The van der Waals surface area contributed by atoms with Crippen molar-refractivity contribution in [3.63, 3.8) is 0 Å². The lowest BCUT2D eigenvalue weighted by atomic mass is 9.99. The van der Waals surface area contributed by atoms with Crippen LogP contribution in [0.4, 0.5) is 0 Å². The van der Waals surface area contributed by atoms with Gasteiger partial charge >= 0.3 is 0 Å². The van der Waals surface area contributed by atoms with E-state index in [1.165, 1.54) is 38.9 Å². The molecule has 0 unspecified atom stereocenters. The first kappa shape index (κ1) is 22.2. The van der Waals surface area contributed by atoms with Crippen LogP contribution < -0.4 is 10.6 Å². The molecule has 1 aliphatic heterocycles. The maximum Gasteiger partial charge on any atom is 0.191 e. The number of nitrogens with zero attached hydrogens (tertiary/aromatic N) is 4. The Labute approximate surface area is 169 Å². The SMILES string of the molecule is CCNC(=NCCCn1cccn1)NCCCN1CCC(C)CC1.I. The Hall–Kier alpha value is -0.830. The van der Waals surface area contributed by atoms with Crippen LogP contribution in [0, 0.1) is 5.92 Å². The van der Waals surface area contributed by atoms with Crippen LogP contribution in [0.3, 0.4) is 0 Å². The lowest BCUT2D eigenvalue weighted by molar-refractivity contribution is 0.191. The predicted octanol–water partition coefficient (Wildman–Crippen LogP) is 2.57. The zero-order chi connectivity index (χ0) is 17.0. The van der Waals surface area contributed by atoms with Crippen LogP contribution in [0.25, 0.3) is 0 Å². The summed E-state index contributed by atoms with van der Waals surface area (Å²) in [5, 5.41) is 11.0. The number of hydrogen-bond acceptors (Lipinski definition) is 3. The number of rotatable bonds is 9. The van der Waals surface area contributed by atoms with Crippen LogP contribution in [0.15, 0.2) is 23.5 Å². The topological polar surface area (TPSA) is 57.5 Å².